The van der Waals surface area contributed by atoms with Gasteiger partial charge in [-0.25, -0.2) is 0 Å². The molecule has 5 aliphatic rings. The maximum atomic E-state index is 2.89. The highest BCUT2D eigenvalue weighted by Crippen LogP contribution is 2.78. The fourth-order valence-corrected chi connectivity index (χ4v) is 14.9. The third kappa shape index (κ3) is 4.38. The maximum Gasteiger partial charge on any atom is -0.0212 e. The van der Waals surface area contributed by atoms with Gasteiger partial charge in [0.05, 0.1) is 0 Å². The van der Waals surface area contributed by atoms with E-state index in [9.17, 15) is 0 Å². The highest BCUT2D eigenvalue weighted by Gasteiger charge is 2.72. The Morgan fingerprint density at radius 2 is 1.38 bits per heavy atom. The minimum atomic E-state index is 0.434. The van der Waals surface area contributed by atoms with Crippen LogP contribution in [0.25, 0.3) is 0 Å². The molecule has 0 radical (unpaired) electrons. The molecule has 39 heavy (non-hydrogen) atoms. The summed E-state index contributed by atoms with van der Waals surface area (Å²) in [5.41, 5.74) is 1.36. The Balaban J connectivity index is 1.55. The van der Waals surface area contributed by atoms with E-state index < -0.39 is 0 Å². The number of hydrogen-bond donors (Lipinski definition) is 0. The van der Waals surface area contributed by atoms with Crippen molar-refractivity contribution in [2.45, 2.75) is 153 Å². The third-order valence-corrected chi connectivity index (χ3v) is 16.7. The molecule has 226 valence electrons. The van der Waals surface area contributed by atoms with E-state index >= 15 is 0 Å². The van der Waals surface area contributed by atoms with E-state index in [4.69, 9.17) is 0 Å². The minimum absolute atomic E-state index is 0.434. The van der Waals surface area contributed by atoms with Crippen LogP contribution in [0.4, 0.5) is 0 Å². The van der Waals surface area contributed by atoms with Crippen molar-refractivity contribution in [1.29, 1.82) is 0 Å². The summed E-state index contributed by atoms with van der Waals surface area (Å²) in [4.78, 5) is 0. The van der Waals surface area contributed by atoms with Crippen LogP contribution in [-0.4, -0.2) is 0 Å². The molecule has 0 amide bonds. The van der Waals surface area contributed by atoms with Gasteiger partial charge in [-0.3, -0.25) is 0 Å². The van der Waals surface area contributed by atoms with Crippen molar-refractivity contribution in [3.63, 3.8) is 0 Å². The normalized spacial score (nSPS) is 54.6. The molecular formula is C39H70. The lowest BCUT2D eigenvalue weighted by Crippen LogP contribution is -2.72. The SMILES string of the molecule is CC(C)C1C(C)CC2(C)C(C)C3(C)C(CCCC4CCCCC4)C4CCCC(C)C4C(C)C3C(C)C2(C)C1C. The summed E-state index contributed by atoms with van der Waals surface area (Å²) in [6, 6.07) is 0. The van der Waals surface area contributed by atoms with Crippen LogP contribution in [0.5, 0.6) is 0 Å². The first-order valence-corrected chi connectivity index (χ1v) is 18.3. The second-order valence-corrected chi connectivity index (χ2v) is 17.9. The third-order valence-electron chi connectivity index (χ3n) is 16.7. The van der Waals surface area contributed by atoms with Crippen LogP contribution in [-0.2, 0) is 0 Å². The van der Waals surface area contributed by atoms with Crippen LogP contribution < -0.4 is 0 Å². The summed E-state index contributed by atoms with van der Waals surface area (Å²) in [5, 5.41) is 0. The second-order valence-electron chi connectivity index (χ2n) is 17.9. The van der Waals surface area contributed by atoms with Gasteiger partial charge in [-0.05, 0) is 112 Å². The molecule has 0 saturated heterocycles. The lowest BCUT2D eigenvalue weighted by molar-refractivity contribution is -0.293. The Bertz CT molecular complexity index is 835. The molecule has 14 unspecified atom stereocenters. The summed E-state index contributed by atoms with van der Waals surface area (Å²) in [5.74, 6) is 11.6. The van der Waals surface area contributed by atoms with Crippen LogP contribution >= 0.6 is 0 Å². The van der Waals surface area contributed by atoms with Gasteiger partial charge in [-0.2, -0.15) is 0 Å². The molecule has 5 fully saturated rings. The highest BCUT2D eigenvalue weighted by molar-refractivity contribution is 5.20. The Hall–Kier alpha value is 0. The van der Waals surface area contributed by atoms with Gasteiger partial charge in [-0.1, -0.05) is 134 Å². The summed E-state index contributed by atoms with van der Waals surface area (Å²) >= 11 is 0. The molecule has 5 aliphatic carbocycles. The molecule has 0 heterocycles. The summed E-state index contributed by atoms with van der Waals surface area (Å²) in [7, 11) is 0. The molecule has 0 aromatic heterocycles. The molecule has 0 aromatic carbocycles. The zero-order valence-corrected chi connectivity index (χ0v) is 28.5. The molecule has 0 aliphatic heterocycles. The van der Waals surface area contributed by atoms with Crippen molar-refractivity contribution in [2.75, 3.05) is 0 Å². The molecule has 14 atom stereocenters. The van der Waals surface area contributed by atoms with Gasteiger partial charge < -0.3 is 0 Å². The second kappa shape index (κ2) is 10.9. The minimum Gasteiger partial charge on any atom is -0.0625 e. The van der Waals surface area contributed by atoms with Gasteiger partial charge in [0.15, 0.2) is 0 Å². The Kier molecular flexibility index (Phi) is 8.53. The molecule has 0 spiro atoms. The van der Waals surface area contributed by atoms with Crippen LogP contribution in [0.2, 0.25) is 0 Å². The zero-order chi connectivity index (χ0) is 28.5. The van der Waals surface area contributed by atoms with E-state index in [1.807, 2.05) is 0 Å². The van der Waals surface area contributed by atoms with Gasteiger partial charge in [0.1, 0.15) is 0 Å². The van der Waals surface area contributed by atoms with Crippen molar-refractivity contribution in [2.24, 2.45) is 93.2 Å². The highest BCUT2D eigenvalue weighted by atomic mass is 14.8. The van der Waals surface area contributed by atoms with E-state index in [-0.39, 0.29) is 0 Å². The Morgan fingerprint density at radius 1 is 0.718 bits per heavy atom. The molecule has 0 aromatic rings. The van der Waals surface area contributed by atoms with Crippen molar-refractivity contribution >= 4 is 0 Å². The monoisotopic (exact) mass is 539 g/mol. The van der Waals surface area contributed by atoms with E-state index in [0.29, 0.717) is 16.2 Å². The largest absolute Gasteiger partial charge is 0.0625 e. The summed E-state index contributed by atoms with van der Waals surface area (Å²) < 4.78 is 0. The average molecular weight is 539 g/mol. The van der Waals surface area contributed by atoms with E-state index in [2.05, 4.69) is 76.2 Å². The van der Waals surface area contributed by atoms with Gasteiger partial charge >= 0.3 is 0 Å². The quantitative estimate of drug-likeness (QED) is 0.326. The van der Waals surface area contributed by atoms with Gasteiger partial charge in [0.25, 0.3) is 0 Å². The lowest BCUT2D eigenvalue weighted by Gasteiger charge is -2.77. The molecule has 0 bridgehead atoms. The molecule has 5 saturated carbocycles. The van der Waals surface area contributed by atoms with Crippen LogP contribution in [0.15, 0.2) is 0 Å². The van der Waals surface area contributed by atoms with Crippen molar-refractivity contribution < 1.29 is 0 Å². The summed E-state index contributed by atoms with van der Waals surface area (Å²) in [6.45, 7) is 30.0. The molecule has 0 nitrogen and oxygen atoms in total. The zero-order valence-electron chi connectivity index (χ0n) is 28.5. The van der Waals surface area contributed by atoms with E-state index in [1.54, 1.807) is 0 Å². The standard InChI is InChI=1S/C39H70/c1-24(2)34-26(4)23-37(9)30(8)38(10)33(22-16-20-31-18-13-12-14-19-31)32-21-15-17-25(3)35(32)27(5)36(38)29(7)39(37,11)28(34)6/h24-36H,12-23H2,1-11H3. The lowest BCUT2D eigenvalue weighted by atomic mass is 9.28. The van der Waals surface area contributed by atoms with Gasteiger partial charge in [0, 0.05) is 0 Å². The van der Waals surface area contributed by atoms with Gasteiger partial charge in [-0.15, -0.1) is 0 Å². The molecule has 0 heteroatoms. The van der Waals surface area contributed by atoms with E-state index in [0.717, 1.165) is 76.9 Å². The van der Waals surface area contributed by atoms with Crippen LogP contribution in [0.1, 0.15) is 153 Å². The Labute approximate surface area is 246 Å². The smallest absolute Gasteiger partial charge is 0.0212 e. The first-order valence-electron chi connectivity index (χ1n) is 18.3. The summed E-state index contributed by atoms with van der Waals surface area (Å²) in [6.07, 6.45) is 18.1. The van der Waals surface area contributed by atoms with Crippen molar-refractivity contribution in [3.8, 4) is 0 Å². The van der Waals surface area contributed by atoms with E-state index in [1.165, 1.54) is 77.0 Å². The fraction of sp³-hybridized carbons (Fsp3) is 1.00. The van der Waals surface area contributed by atoms with Crippen molar-refractivity contribution in [1.82, 2.24) is 0 Å². The maximum absolute atomic E-state index is 2.89. The average Bonchev–Trinajstić information content (AvgIpc) is 2.88. The van der Waals surface area contributed by atoms with Gasteiger partial charge in [0.2, 0.25) is 0 Å². The molecule has 0 N–H and O–H groups in total. The number of hydrogen-bond acceptors (Lipinski definition) is 0. The van der Waals surface area contributed by atoms with Crippen LogP contribution in [0.3, 0.4) is 0 Å². The van der Waals surface area contributed by atoms with Crippen LogP contribution in [0, 0.1) is 93.2 Å². The molecular weight excluding hydrogens is 468 g/mol. The first kappa shape index (κ1) is 30.5. The predicted molar refractivity (Wildman–Crippen MR) is 170 cm³/mol. The first-order chi connectivity index (χ1) is 18.3. The number of rotatable bonds is 5. The fourth-order valence-electron chi connectivity index (χ4n) is 14.9. The Morgan fingerprint density at radius 3 is 2.03 bits per heavy atom. The predicted octanol–water partition coefficient (Wildman–Crippen LogP) is 11.9. The number of fused-ring (bicyclic) bond motifs is 3. The van der Waals surface area contributed by atoms with Crippen molar-refractivity contribution in [3.05, 3.63) is 0 Å². The topological polar surface area (TPSA) is 0 Å². The molecule has 5 rings (SSSR count).